The maximum atomic E-state index is 12.9. The zero-order chi connectivity index (χ0) is 23.4. The lowest BCUT2D eigenvalue weighted by Crippen LogP contribution is -2.41. The smallest absolute Gasteiger partial charge is 0.268 e. The summed E-state index contributed by atoms with van der Waals surface area (Å²) in [6.07, 6.45) is 10.5. The van der Waals surface area contributed by atoms with E-state index < -0.39 is 6.10 Å². The minimum atomic E-state index is -0.910. The highest BCUT2D eigenvalue weighted by Crippen LogP contribution is 2.31. The van der Waals surface area contributed by atoms with Crippen molar-refractivity contribution in [2.24, 2.45) is 0 Å². The number of amides is 2. The van der Waals surface area contributed by atoms with Gasteiger partial charge in [0.15, 0.2) is 5.65 Å². The maximum Gasteiger partial charge on any atom is 0.268 e. The van der Waals surface area contributed by atoms with E-state index in [1.54, 1.807) is 54.5 Å². The second-order valence-electron chi connectivity index (χ2n) is 8.55. The third kappa shape index (κ3) is 4.98. The van der Waals surface area contributed by atoms with Gasteiger partial charge in [-0.2, -0.15) is 5.10 Å². The summed E-state index contributed by atoms with van der Waals surface area (Å²) in [6, 6.07) is 5.66. The van der Waals surface area contributed by atoms with Gasteiger partial charge < -0.3 is 19.9 Å². The first-order chi connectivity index (χ1) is 16.0. The van der Waals surface area contributed by atoms with Crippen LogP contribution in [0.4, 0.5) is 0 Å². The fourth-order valence-corrected chi connectivity index (χ4v) is 4.38. The maximum absolute atomic E-state index is 12.9. The fourth-order valence-electron chi connectivity index (χ4n) is 4.38. The molecule has 0 aliphatic heterocycles. The number of allylic oxidation sites excluding steroid dienone is 1. The Labute approximate surface area is 192 Å². The van der Waals surface area contributed by atoms with E-state index in [1.807, 2.05) is 4.68 Å². The molecule has 1 aliphatic carbocycles. The van der Waals surface area contributed by atoms with Gasteiger partial charge in [-0.05, 0) is 31.0 Å². The van der Waals surface area contributed by atoms with Crippen LogP contribution in [-0.2, 0) is 6.54 Å². The summed E-state index contributed by atoms with van der Waals surface area (Å²) in [5.41, 5.74) is 1.73. The number of rotatable bonds is 9. The van der Waals surface area contributed by atoms with Crippen molar-refractivity contribution in [1.29, 1.82) is 0 Å². The van der Waals surface area contributed by atoms with Crippen LogP contribution in [-0.4, -0.2) is 67.4 Å². The first kappa shape index (κ1) is 22.7. The Bertz CT molecular complexity index is 1140. The molecule has 9 heteroatoms. The van der Waals surface area contributed by atoms with Crippen LogP contribution in [0, 0.1) is 0 Å². The third-order valence-corrected chi connectivity index (χ3v) is 6.07. The van der Waals surface area contributed by atoms with Gasteiger partial charge in [0.05, 0.1) is 23.9 Å². The summed E-state index contributed by atoms with van der Waals surface area (Å²) in [4.78, 5) is 31.2. The van der Waals surface area contributed by atoms with Gasteiger partial charge in [0, 0.05) is 44.5 Å². The number of hydrogen-bond acceptors (Lipinski definition) is 5. The lowest BCUT2D eigenvalue weighted by molar-refractivity contribution is 0.0671. The standard InChI is InChI=1S/C24H30N6O3/c1-3-10-29-11-6-9-21(29)23(32)26-15-20(31)16-28(2)24(33)18-12-17-14-27-30(22(17)25-13-18)19-7-4-5-8-19/h3,6,9,11-14,19-20,31H,1,4-5,7-8,10,15-16H2,2H3,(H,26,32). The number of aliphatic hydroxyl groups excluding tert-OH is 1. The summed E-state index contributed by atoms with van der Waals surface area (Å²) in [7, 11) is 1.62. The zero-order valence-electron chi connectivity index (χ0n) is 18.9. The summed E-state index contributed by atoms with van der Waals surface area (Å²) >= 11 is 0. The number of fused-ring (bicyclic) bond motifs is 1. The molecule has 3 heterocycles. The van der Waals surface area contributed by atoms with Crippen LogP contribution >= 0.6 is 0 Å². The number of aliphatic hydroxyl groups is 1. The summed E-state index contributed by atoms with van der Waals surface area (Å²) in [5.74, 6) is -0.535. The third-order valence-electron chi connectivity index (χ3n) is 6.07. The van der Waals surface area contributed by atoms with E-state index >= 15 is 0 Å². The van der Waals surface area contributed by atoms with Crippen molar-refractivity contribution in [2.75, 3.05) is 20.1 Å². The average molecular weight is 451 g/mol. The Morgan fingerprint density at radius 2 is 2.15 bits per heavy atom. The highest BCUT2D eigenvalue weighted by molar-refractivity contribution is 5.96. The van der Waals surface area contributed by atoms with E-state index in [0.717, 1.165) is 23.9 Å². The number of aromatic nitrogens is 4. The molecule has 33 heavy (non-hydrogen) atoms. The van der Waals surface area contributed by atoms with E-state index in [4.69, 9.17) is 0 Å². The van der Waals surface area contributed by atoms with Gasteiger partial charge in [-0.25, -0.2) is 9.67 Å². The van der Waals surface area contributed by atoms with Gasteiger partial charge in [0.2, 0.25) is 0 Å². The second kappa shape index (κ2) is 9.99. The van der Waals surface area contributed by atoms with E-state index in [1.165, 1.54) is 17.7 Å². The Hall–Kier alpha value is -3.46. The number of pyridine rings is 1. The molecule has 0 aromatic carbocycles. The van der Waals surface area contributed by atoms with Crippen LogP contribution in [0.2, 0.25) is 0 Å². The highest BCUT2D eigenvalue weighted by atomic mass is 16.3. The Morgan fingerprint density at radius 1 is 1.36 bits per heavy atom. The lowest BCUT2D eigenvalue weighted by Gasteiger charge is -2.21. The van der Waals surface area contributed by atoms with E-state index in [9.17, 15) is 14.7 Å². The van der Waals surface area contributed by atoms with Gasteiger partial charge >= 0.3 is 0 Å². The SMILES string of the molecule is C=CCn1cccc1C(=O)NCC(O)CN(C)C(=O)c1cnc2c(cnn2C2CCCC2)c1. The zero-order valence-corrected chi connectivity index (χ0v) is 18.9. The molecule has 0 radical (unpaired) electrons. The van der Waals surface area contributed by atoms with Gasteiger partial charge in [0.25, 0.3) is 11.8 Å². The monoisotopic (exact) mass is 450 g/mol. The van der Waals surface area contributed by atoms with Gasteiger partial charge in [-0.3, -0.25) is 9.59 Å². The molecular weight excluding hydrogens is 420 g/mol. The van der Waals surface area contributed by atoms with Crippen molar-refractivity contribution in [3.63, 3.8) is 0 Å². The largest absolute Gasteiger partial charge is 0.389 e. The first-order valence-corrected chi connectivity index (χ1v) is 11.3. The lowest BCUT2D eigenvalue weighted by atomic mass is 10.2. The molecule has 2 N–H and O–H groups in total. The Morgan fingerprint density at radius 3 is 2.91 bits per heavy atom. The number of nitrogens with zero attached hydrogens (tertiary/aromatic N) is 5. The van der Waals surface area contributed by atoms with Crippen LogP contribution in [0.3, 0.4) is 0 Å². The highest BCUT2D eigenvalue weighted by Gasteiger charge is 2.22. The minimum absolute atomic E-state index is 0.0289. The van der Waals surface area contributed by atoms with Crippen LogP contribution < -0.4 is 5.32 Å². The van der Waals surface area contributed by atoms with Gasteiger partial charge in [-0.1, -0.05) is 18.9 Å². The van der Waals surface area contributed by atoms with Crippen molar-refractivity contribution in [2.45, 2.75) is 44.4 Å². The molecule has 9 nitrogen and oxygen atoms in total. The quantitative estimate of drug-likeness (QED) is 0.487. The second-order valence-corrected chi connectivity index (χ2v) is 8.55. The normalized spacial score (nSPS) is 15.0. The summed E-state index contributed by atoms with van der Waals surface area (Å²) in [5, 5.41) is 18.4. The number of hydrogen-bond donors (Lipinski definition) is 2. The van der Waals surface area contributed by atoms with Gasteiger partial charge in [-0.15, -0.1) is 6.58 Å². The van der Waals surface area contributed by atoms with Crippen molar-refractivity contribution in [1.82, 2.24) is 29.5 Å². The molecule has 3 aromatic heterocycles. The van der Waals surface area contributed by atoms with Crippen molar-refractivity contribution in [3.05, 3.63) is 60.7 Å². The minimum Gasteiger partial charge on any atom is -0.389 e. The molecule has 1 fully saturated rings. The molecule has 0 saturated heterocycles. The molecule has 1 atom stereocenters. The van der Waals surface area contributed by atoms with E-state index in [-0.39, 0.29) is 24.9 Å². The number of carbonyl (C=O) groups excluding carboxylic acids is 2. The first-order valence-electron chi connectivity index (χ1n) is 11.3. The van der Waals surface area contributed by atoms with Gasteiger partial charge in [0.1, 0.15) is 5.69 Å². The molecule has 2 amide bonds. The molecule has 174 valence electrons. The molecule has 1 unspecified atom stereocenters. The molecule has 3 aromatic rings. The predicted molar refractivity (Wildman–Crippen MR) is 125 cm³/mol. The molecule has 1 saturated carbocycles. The van der Waals surface area contributed by atoms with Crippen molar-refractivity contribution in [3.8, 4) is 0 Å². The number of nitrogens with one attached hydrogen (secondary N) is 1. The average Bonchev–Trinajstić information content (AvgIpc) is 3.57. The summed E-state index contributed by atoms with van der Waals surface area (Å²) in [6.45, 7) is 4.31. The topological polar surface area (TPSA) is 105 Å². The summed E-state index contributed by atoms with van der Waals surface area (Å²) < 4.78 is 3.74. The van der Waals surface area contributed by atoms with Crippen LogP contribution in [0.1, 0.15) is 52.6 Å². The molecule has 4 rings (SSSR count). The molecule has 0 spiro atoms. The molecule has 0 bridgehead atoms. The molecular formula is C24H30N6O3. The Kier molecular flexibility index (Phi) is 6.88. The number of likely N-dealkylation sites (N-methyl/N-ethyl adjacent to an activating group) is 1. The van der Waals surface area contributed by atoms with E-state index in [0.29, 0.717) is 23.8 Å². The fraction of sp³-hybridized carbons (Fsp3) is 0.417. The Balaban J connectivity index is 1.33. The van der Waals surface area contributed by atoms with Crippen molar-refractivity contribution >= 4 is 22.8 Å². The predicted octanol–water partition coefficient (Wildman–Crippen LogP) is 2.40. The van der Waals surface area contributed by atoms with Crippen LogP contribution in [0.15, 0.2) is 49.4 Å². The van der Waals surface area contributed by atoms with E-state index in [2.05, 4.69) is 22.0 Å². The van der Waals surface area contributed by atoms with Crippen LogP contribution in [0.5, 0.6) is 0 Å². The van der Waals surface area contributed by atoms with Crippen molar-refractivity contribution < 1.29 is 14.7 Å². The molecule has 1 aliphatic rings. The number of carbonyl (C=O) groups is 2. The van der Waals surface area contributed by atoms with Crippen LogP contribution in [0.25, 0.3) is 11.0 Å².